The first-order valence-electron chi connectivity index (χ1n) is 10.5. The number of anilines is 3. The number of rotatable bonds is 6. The molecule has 2 N–H and O–H groups in total. The molecule has 1 heterocycles. The van der Waals surface area contributed by atoms with Crippen molar-refractivity contribution in [1.82, 2.24) is 0 Å². The van der Waals surface area contributed by atoms with Gasteiger partial charge in [0, 0.05) is 19.2 Å². The number of sulfonamides is 1. The molecule has 0 aromatic heterocycles. The molecular formula is C24H29N3O5S. The van der Waals surface area contributed by atoms with Crippen LogP contribution in [0.25, 0.3) is 0 Å². The van der Waals surface area contributed by atoms with Gasteiger partial charge in [0.15, 0.2) is 0 Å². The minimum Gasteiger partial charge on any atom is -0.490 e. The molecule has 0 spiro atoms. The lowest BCUT2D eigenvalue weighted by molar-refractivity contribution is -0.127. The number of benzene rings is 2. The number of carbonyl (C=O) groups is 2. The lowest BCUT2D eigenvalue weighted by Crippen LogP contribution is -2.42. The van der Waals surface area contributed by atoms with Gasteiger partial charge in [-0.05, 0) is 69.2 Å². The van der Waals surface area contributed by atoms with Gasteiger partial charge in [0.05, 0.1) is 21.7 Å². The van der Waals surface area contributed by atoms with E-state index in [0.717, 1.165) is 0 Å². The first kappa shape index (κ1) is 24.3. The molecule has 0 unspecified atom stereocenters. The minimum absolute atomic E-state index is 0.0675. The summed E-state index contributed by atoms with van der Waals surface area (Å²) in [5.41, 5.74) is 1.87. The predicted octanol–water partition coefficient (Wildman–Crippen LogP) is 4.00. The summed E-state index contributed by atoms with van der Waals surface area (Å²) < 4.78 is 34.7. The highest BCUT2D eigenvalue weighted by atomic mass is 32.2. The minimum atomic E-state index is -3.93. The van der Waals surface area contributed by atoms with Crippen molar-refractivity contribution in [1.29, 1.82) is 0 Å². The Morgan fingerprint density at radius 3 is 2.42 bits per heavy atom. The van der Waals surface area contributed by atoms with Crippen molar-refractivity contribution in [2.45, 2.75) is 39.5 Å². The fourth-order valence-corrected chi connectivity index (χ4v) is 4.90. The Kier molecular flexibility index (Phi) is 6.56. The zero-order valence-corrected chi connectivity index (χ0v) is 20.3. The number of aryl methyl sites for hydroxylation is 2. The largest absolute Gasteiger partial charge is 0.490 e. The highest BCUT2D eigenvalue weighted by Crippen LogP contribution is 2.38. The molecule has 0 saturated heterocycles. The number of nitrogens with one attached hydrogen (secondary N) is 2. The number of nitrogens with zero attached hydrogens (tertiary/aromatic N) is 1. The average Bonchev–Trinajstić information content (AvgIpc) is 2.80. The second-order valence-electron chi connectivity index (χ2n) is 8.78. The maximum absolute atomic E-state index is 13.1. The predicted molar refractivity (Wildman–Crippen MR) is 129 cm³/mol. The van der Waals surface area contributed by atoms with E-state index in [1.165, 1.54) is 19.1 Å². The van der Waals surface area contributed by atoms with Crippen LogP contribution in [0.2, 0.25) is 0 Å². The first-order valence-corrected chi connectivity index (χ1v) is 12.0. The summed E-state index contributed by atoms with van der Waals surface area (Å²) in [6.07, 6.45) is 1.61. The fourth-order valence-electron chi connectivity index (χ4n) is 3.69. The molecule has 1 aliphatic heterocycles. The second-order valence-corrected chi connectivity index (χ2v) is 10.5. The molecule has 2 aromatic rings. The summed E-state index contributed by atoms with van der Waals surface area (Å²) in [5.74, 6) is 0.120. The van der Waals surface area contributed by atoms with Crippen molar-refractivity contribution >= 4 is 38.9 Å². The lowest BCUT2D eigenvalue weighted by Gasteiger charge is -2.27. The van der Waals surface area contributed by atoms with E-state index < -0.39 is 15.4 Å². The molecule has 0 fully saturated rings. The van der Waals surface area contributed by atoms with Gasteiger partial charge in [0.2, 0.25) is 11.8 Å². The quantitative estimate of drug-likeness (QED) is 0.620. The lowest BCUT2D eigenvalue weighted by atomic mass is 9.93. The van der Waals surface area contributed by atoms with Gasteiger partial charge in [-0.15, -0.1) is 6.58 Å². The smallest absolute Gasteiger partial charge is 0.261 e. The van der Waals surface area contributed by atoms with Gasteiger partial charge < -0.3 is 15.0 Å². The van der Waals surface area contributed by atoms with E-state index in [4.69, 9.17) is 4.74 Å². The van der Waals surface area contributed by atoms with E-state index in [9.17, 15) is 18.0 Å². The topological polar surface area (TPSA) is 105 Å². The Bertz CT molecular complexity index is 1210. The molecule has 0 bridgehead atoms. The molecule has 176 valence electrons. The van der Waals surface area contributed by atoms with E-state index in [-0.39, 0.29) is 29.9 Å². The van der Waals surface area contributed by atoms with E-state index in [2.05, 4.69) is 16.6 Å². The molecule has 8 nitrogen and oxygen atoms in total. The third-order valence-electron chi connectivity index (χ3n) is 5.34. The maximum Gasteiger partial charge on any atom is 0.261 e. The van der Waals surface area contributed by atoms with E-state index in [1.807, 2.05) is 0 Å². The monoisotopic (exact) mass is 471 g/mol. The molecule has 9 heteroatoms. The third kappa shape index (κ3) is 5.03. The number of fused-ring (bicyclic) bond motifs is 1. The van der Waals surface area contributed by atoms with Crippen molar-refractivity contribution in [3.8, 4) is 5.75 Å². The number of carbonyl (C=O) groups excluding carboxylic acids is 2. The molecule has 1 aliphatic rings. The van der Waals surface area contributed by atoms with Crippen LogP contribution in [0.15, 0.2) is 47.9 Å². The van der Waals surface area contributed by atoms with Crippen LogP contribution in [-0.4, -0.2) is 33.4 Å². The van der Waals surface area contributed by atoms with Crippen molar-refractivity contribution in [3.63, 3.8) is 0 Å². The van der Waals surface area contributed by atoms with Gasteiger partial charge in [-0.1, -0.05) is 6.08 Å². The summed E-state index contributed by atoms with van der Waals surface area (Å²) in [4.78, 5) is 26.1. The zero-order valence-electron chi connectivity index (χ0n) is 19.5. The van der Waals surface area contributed by atoms with Crippen molar-refractivity contribution < 1.29 is 22.7 Å². The van der Waals surface area contributed by atoms with Gasteiger partial charge in [-0.3, -0.25) is 14.3 Å². The molecular weight excluding hydrogens is 442 g/mol. The van der Waals surface area contributed by atoms with Crippen molar-refractivity contribution in [2.24, 2.45) is 5.41 Å². The van der Waals surface area contributed by atoms with Crippen LogP contribution < -0.4 is 19.7 Å². The Hall–Kier alpha value is -3.33. The molecule has 0 atom stereocenters. The highest BCUT2D eigenvalue weighted by Gasteiger charge is 2.37. The van der Waals surface area contributed by atoms with Crippen LogP contribution in [0.3, 0.4) is 0 Å². The van der Waals surface area contributed by atoms with Gasteiger partial charge in [0.25, 0.3) is 10.0 Å². The molecule has 33 heavy (non-hydrogen) atoms. The summed E-state index contributed by atoms with van der Waals surface area (Å²) in [6, 6.07) is 7.83. The number of hydrogen-bond donors (Lipinski definition) is 2. The number of ether oxygens (including phenoxy) is 1. The average molecular weight is 472 g/mol. The molecule has 0 aliphatic carbocycles. The Morgan fingerprint density at radius 2 is 1.85 bits per heavy atom. The first-order chi connectivity index (χ1) is 15.4. The molecule has 0 saturated carbocycles. The van der Waals surface area contributed by atoms with E-state index in [0.29, 0.717) is 33.9 Å². The number of hydrogen-bond acceptors (Lipinski definition) is 5. The van der Waals surface area contributed by atoms with Crippen LogP contribution in [0.4, 0.5) is 17.1 Å². The van der Waals surface area contributed by atoms with Gasteiger partial charge in [-0.2, -0.15) is 0 Å². The van der Waals surface area contributed by atoms with Gasteiger partial charge in [-0.25, -0.2) is 8.42 Å². The van der Waals surface area contributed by atoms with Crippen molar-refractivity contribution in [3.05, 3.63) is 54.1 Å². The second kappa shape index (κ2) is 8.90. The van der Waals surface area contributed by atoms with E-state index >= 15 is 0 Å². The summed E-state index contributed by atoms with van der Waals surface area (Å²) in [6.45, 7) is 12.7. The normalized spacial score (nSPS) is 15.2. The van der Waals surface area contributed by atoms with Crippen LogP contribution in [0.1, 0.15) is 31.9 Å². The summed E-state index contributed by atoms with van der Waals surface area (Å²) >= 11 is 0. The Morgan fingerprint density at radius 1 is 1.21 bits per heavy atom. The van der Waals surface area contributed by atoms with Crippen LogP contribution >= 0.6 is 0 Å². The van der Waals surface area contributed by atoms with Crippen LogP contribution in [0.5, 0.6) is 5.75 Å². The molecule has 2 amide bonds. The zero-order chi connectivity index (χ0) is 24.6. The van der Waals surface area contributed by atoms with Gasteiger partial charge in [0.1, 0.15) is 12.4 Å². The molecule has 2 aromatic carbocycles. The molecule has 0 radical (unpaired) electrons. The standard InChI is InChI=1S/C24H29N3O5S/c1-7-10-27-20-13-18(8-9-21(20)32-14-24(5,6)23(27)29)26-33(30,31)19-11-15(2)22(16(3)12-19)25-17(4)28/h7-9,11-13,26H,1,10,14H2,2-6H3,(H,25,28). The SMILES string of the molecule is C=CCN1C(=O)C(C)(C)COc2ccc(NS(=O)(=O)c3cc(C)c(NC(C)=O)c(C)c3)cc21. The Balaban J connectivity index is 1.98. The van der Waals surface area contributed by atoms with Crippen molar-refractivity contribution in [2.75, 3.05) is 28.1 Å². The Labute approximate surface area is 194 Å². The van der Waals surface area contributed by atoms with Gasteiger partial charge >= 0.3 is 0 Å². The molecule has 3 rings (SSSR count). The summed E-state index contributed by atoms with van der Waals surface area (Å²) in [7, 11) is -3.93. The third-order valence-corrected chi connectivity index (χ3v) is 6.70. The fraction of sp³-hybridized carbons (Fsp3) is 0.333. The van der Waals surface area contributed by atoms with E-state index in [1.54, 1.807) is 56.9 Å². The van der Waals surface area contributed by atoms with Crippen LogP contribution in [-0.2, 0) is 19.6 Å². The number of amides is 2. The summed E-state index contributed by atoms with van der Waals surface area (Å²) in [5, 5.41) is 2.72. The highest BCUT2D eigenvalue weighted by molar-refractivity contribution is 7.92. The van der Waals surface area contributed by atoms with Crippen LogP contribution in [0, 0.1) is 19.3 Å². The maximum atomic E-state index is 13.1.